The van der Waals surface area contributed by atoms with E-state index in [4.69, 9.17) is 9.47 Å². The number of esters is 2. The number of allylic oxidation sites excluding steroid dienone is 1. The first-order valence-corrected chi connectivity index (χ1v) is 8.33. The van der Waals surface area contributed by atoms with Gasteiger partial charge in [0.15, 0.2) is 0 Å². The number of rotatable bonds is 10. The first kappa shape index (κ1) is 19.7. The van der Waals surface area contributed by atoms with Gasteiger partial charge < -0.3 is 9.47 Å². The average molecular weight is 330 g/mol. The zero-order valence-corrected chi connectivity index (χ0v) is 14.4. The number of benzene rings is 1. The van der Waals surface area contributed by atoms with Crippen molar-refractivity contribution in [1.29, 1.82) is 0 Å². The van der Waals surface area contributed by atoms with Crippen LogP contribution in [0.1, 0.15) is 38.7 Å². The predicted octanol–water partition coefficient (Wildman–Crippen LogP) is 4.17. The van der Waals surface area contributed by atoms with Crippen LogP contribution in [0.4, 0.5) is 0 Å². The van der Waals surface area contributed by atoms with Crippen molar-refractivity contribution in [3.05, 3.63) is 54.6 Å². The third-order valence-corrected chi connectivity index (χ3v) is 3.51. The van der Waals surface area contributed by atoms with E-state index >= 15 is 0 Å². The standard InChI is InChI=1S/C20H26O4/c1-4-10-17(20(22)23-6-3)18(11-5-2)24-19(21)15-14-16-12-8-7-9-13-16/h4,7-9,12-15,17-18H,1,5-6,10-11H2,2-3H3/b15-14+. The summed E-state index contributed by atoms with van der Waals surface area (Å²) >= 11 is 0. The van der Waals surface area contributed by atoms with Crippen LogP contribution >= 0.6 is 0 Å². The van der Waals surface area contributed by atoms with E-state index in [-0.39, 0.29) is 5.97 Å². The van der Waals surface area contributed by atoms with Crippen LogP contribution in [-0.2, 0) is 19.1 Å². The minimum absolute atomic E-state index is 0.299. The molecule has 0 fully saturated rings. The molecule has 0 N–H and O–H groups in total. The smallest absolute Gasteiger partial charge is 0.331 e. The lowest BCUT2D eigenvalue weighted by Crippen LogP contribution is -2.33. The van der Waals surface area contributed by atoms with Gasteiger partial charge in [-0.15, -0.1) is 6.58 Å². The summed E-state index contributed by atoms with van der Waals surface area (Å²) in [5.41, 5.74) is 0.912. The number of hydrogen-bond acceptors (Lipinski definition) is 4. The molecule has 4 nitrogen and oxygen atoms in total. The monoisotopic (exact) mass is 330 g/mol. The van der Waals surface area contributed by atoms with Gasteiger partial charge in [-0.2, -0.15) is 0 Å². The van der Waals surface area contributed by atoms with Gasteiger partial charge in [0.1, 0.15) is 6.10 Å². The van der Waals surface area contributed by atoms with Crippen LogP contribution in [-0.4, -0.2) is 24.6 Å². The summed E-state index contributed by atoms with van der Waals surface area (Å²) in [6.45, 7) is 7.72. The molecule has 130 valence electrons. The highest BCUT2D eigenvalue weighted by atomic mass is 16.6. The lowest BCUT2D eigenvalue weighted by atomic mass is 9.95. The van der Waals surface area contributed by atoms with Gasteiger partial charge in [-0.1, -0.05) is 49.8 Å². The Balaban J connectivity index is 2.78. The van der Waals surface area contributed by atoms with Crippen molar-refractivity contribution in [2.24, 2.45) is 5.92 Å². The molecule has 0 bridgehead atoms. The second-order valence-corrected chi connectivity index (χ2v) is 5.39. The van der Waals surface area contributed by atoms with Gasteiger partial charge in [-0.3, -0.25) is 4.79 Å². The fourth-order valence-corrected chi connectivity index (χ4v) is 2.37. The molecule has 1 aromatic carbocycles. The highest BCUT2D eigenvalue weighted by Crippen LogP contribution is 2.20. The molecular formula is C20H26O4. The van der Waals surface area contributed by atoms with Crippen molar-refractivity contribution in [2.75, 3.05) is 6.61 Å². The first-order valence-electron chi connectivity index (χ1n) is 8.33. The second kappa shape index (κ2) is 11.2. The van der Waals surface area contributed by atoms with Gasteiger partial charge in [0.25, 0.3) is 0 Å². The molecule has 0 radical (unpaired) electrons. The summed E-state index contributed by atoms with van der Waals surface area (Å²) in [4.78, 5) is 24.2. The first-order chi connectivity index (χ1) is 11.6. The van der Waals surface area contributed by atoms with E-state index in [2.05, 4.69) is 6.58 Å². The van der Waals surface area contributed by atoms with Crippen LogP contribution in [0.3, 0.4) is 0 Å². The molecule has 0 heterocycles. The molecule has 24 heavy (non-hydrogen) atoms. The number of ether oxygens (including phenoxy) is 2. The summed E-state index contributed by atoms with van der Waals surface area (Å²) in [5.74, 6) is -1.33. The van der Waals surface area contributed by atoms with E-state index in [1.807, 2.05) is 37.3 Å². The molecule has 0 saturated carbocycles. The number of carbonyl (C=O) groups is 2. The summed E-state index contributed by atoms with van der Waals surface area (Å²) < 4.78 is 10.6. The van der Waals surface area contributed by atoms with E-state index in [0.717, 1.165) is 12.0 Å². The summed E-state index contributed by atoms with van der Waals surface area (Å²) in [7, 11) is 0. The molecule has 0 aromatic heterocycles. The van der Waals surface area contributed by atoms with Gasteiger partial charge in [-0.05, 0) is 31.4 Å². The SMILES string of the molecule is C=CCC(C(=O)OCC)C(CCC)OC(=O)/C=C/c1ccccc1. The van der Waals surface area contributed by atoms with Crippen LogP contribution in [0.25, 0.3) is 6.08 Å². The molecule has 0 aliphatic heterocycles. The zero-order valence-electron chi connectivity index (χ0n) is 14.4. The highest BCUT2D eigenvalue weighted by molar-refractivity contribution is 5.87. The van der Waals surface area contributed by atoms with Crippen LogP contribution in [0, 0.1) is 5.92 Å². The maximum atomic E-state index is 12.1. The molecule has 0 aliphatic carbocycles. The minimum atomic E-state index is -0.517. The van der Waals surface area contributed by atoms with E-state index < -0.39 is 18.0 Å². The maximum absolute atomic E-state index is 12.1. The molecule has 0 saturated heterocycles. The van der Waals surface area contributed by atoms with Crippen molar-refractivity contribution < 1.29 is 19.1 Å². The largest absolute Gasteiger partial charge is 0.466 e. The van der Waals surface area contributed by atoms with Crippen LogP contribution in [0.2, 0.25) is 0 Å². The van der Waals surface area contributed by atoms with E-state index in [9.17, 15) is 9.59 Å². The molecule has 0 aliphatic rings. The van der Waals surface area contributed by atoms with Crippen LogP contribution in [0.5, 0.6) is 0 Å². The van der Waals surface area contributed by atoms with Gasteiger partial charge in [-0.25, -0.2) is 4.79 Å². The Bertz CT molecular complexity index is 548. The fraction of sp³-hybridized carbons (Fsp3) is 0.400. The molecule has 1 rings (SSSR count). The lowest BCUT2D eigenvalue weighted by molar-refractivity contribution is -0.159. The zero-order chi connectivity index (χ0) is 17.8. The fourth-order valence-electron chi connectivity index (χ4n) is 2.37. The van der Waals surface area contributed by atoms with Crippen molar-refractivity contribution in [2.45, 2.75) is 39.2 Å². The van der Waals surface area contributed by atoms with Crippen molar-refractivity contribution in [3.63, 3.8) is 0 Å². The van der Waals surface area contributed by atoms with Crippen LogP contribution < -0.4 is 0 Å². The van der Waals surface area contributed by atoms with Gasteiger partial charge in [0, 0.05) is 6.08 Å². The molecular weight excluding hydrogens is 304 g/mol. The van der Waals surface area contributed by atoms with E-state index in [1.165, 1.54) is 6.08 Å². The highest BCUT2D eigenvalue weighted by Gasteiger charge is 2.30. The van der Waals surface area contributed by atoms with Gasteiger partial charge in [0.05, 0.1) is 12.5 Å². The third kappa shape index (κ3) is 6.82. The van der Waals surface area contributed by atoms with Crippen molar-refractivity contribution >= 4 is 18.0 Å². The predicted molar refractivity (Wildman–Crippen MR) is 95.2 cm³/mol. The lowest BCUT2D eigenvalue weighted by Gasteiger charge is -2.24. The number of hydrogen-bond donors (Lipinski definition) is 0. The normalized spacial score (nSPS) is 13.2. The quantitative estimate of drug-likeness (QED) is 0.367. The molecule has 4 heteroatoms. The van der Waals surface area contributed by atoms with Crippen LogP contribution in [0.15, 0.2) is 49.1 Å². The summed E-state index contributed by atoms with van der Waals surface area (Å²) in [6.07, 6.45) is 6.03. The summed E-state index contributed by atoms with van der Waals surface area (Å²) in [5, 5.41) is 0. The Kier molecular flexibility index (Phi) is 9.20. The Morgan fingerprint density at radius 1 is 1.21 bits per heavy atom. The molecule has 0 amide bonds. The Labute approximate surface area is 144 Å². The molecule has 2 atom stereocenters. The summed E-state index contributed by atoms with van der Waals surface area (Å²) in [6, 6.07) is 9.49. The van der Waals surface area contributed by atoms with E-state index in [0.29, 0.717) is 19.4 Å². The van der Waals surface area contributed by atoms with Gasteiger partial charge in [0.2, 0.25) is 0 Å². The number of carbonyl (C=O) groups excluding carboxylic acids is 2. The van der Waals surface area contributed by atoms with Crippen molar-refractivity contribution in [3.8, 4) is 0 Å². The Morgan fingerprint density at radius 3 is 2.50 bits per heavy atom. The molecule has 2 unspecified atom stereocenters. The van der Waals surface area contributed by atoms with E-state index in [1.54, 1.807) is 19.1 Å². The Morgan fingerprint density at radius 2 is 1.92 bits per heavy atom. The topological polar surface area (TPSA) is 52.6 Å². The van der Waals surface area contributed by atoms with Gasteiger partial charge >= 0.3 is 11.9 Å². The maximum Gasteiger partial charge on any atom is 0.331 e. The average Bonchev–Trinajstić information content (AvgIpc) is 2.58. The van der Waals surface area contributed by atoms with Crippen molar-refractivity contribution in [1.82, 2.24) is 0 Å². The second-order valence-electron chi connectivity index (χ2n) is 5.39. The minimum Gasteiger partial charge on any atom is -0.466 e. The molecule has 1 aromatic rings. The third-order valence-electron chi connectivity index (χ3n) is 3.51. The molecule has 0 spiro atoms. The Hall–Kier alpha value is -2.36.